The smallest absolute Gasteiger partial charge is 0.400 e. The maximum absolute atomic E-state index is 14.5. The van der Waals surface area contributed by atoms with Crippen molar-refractivity contribution in [3.8, 4) is 5.75 Å². The molecular formula is C23H33F5O2. The van der Waals surface area contributed by atoms with Crippen molar-refractivity contribution >= 4 is 0 Å². The Bertz CT molecular complexity index is 664. The van der Waals surface area contributed by atoms with Gasteiger partial charge in [0.1, 0.15) is 5.75 Å². The maximum Gasteiger partial charge on any atom is 0.400 e. The summed E-state index contributed by atoms with van der Waals surface area (Å²) in [6.07, 6.45) is 5.29. The van der Waals surface area contributed by atoms with Gasteiger partial charge in [0.05, 0.1) is 12.0 Å². The van der Waals surface area contributed by atoms with E-state index >= 15 is 0 Å². The third-order valence-corrected chi connectivity index (χ3v) is 6.61. The largest absolute Gasteiger partial charge is 0.432 e. The molecule has 2 fully saturated rings. The van der Waals surface area contributed by atoms with Crippen molar-refractivity contribution in [1.82, 2.24) is 0 Å². The van der Waals surface area contributed by atoms with Crippen molar-refractivity contribution in [3.63, 3.8) is 0 Å². The molecule has 1 saturated heterocycles. The number of alkyl halides is 2. The highest BCUT2D eigenvalue weighted by Crippen LogP contribution is 2.43. The minimum atomic E-state index is -3.57. The van der Waals surface area contributed by atoms with Gasteiger partial charge >= 0.3 is 6.11 Å². The Morgan fingerprint density at radius 2 is 1.67 bits per heavy atom. The molecule has 172 valence electrons. The number of hydrogen-bond donors (Lipinski definition) is 0. The van der Waals surface area contributed by atoms with Gasteiger partial charge < -0.3 is 9.47 Å². The standard InChI is InChI=1S/C23H31F5O2.H2/c1-2-3-4-5-15-6-11-21(29-14-15)16-7-9-17(10-8-16)23(27,28)30-18-12-19(24)22(26)20(25)13-18;/h12-13,15-17,21H,2-11,14H2,1H3;1H. The lowest BCUT2D eigenvalue weighted by Gasteiger charge is -2.39. The van der Waals surface area contributed by atoms with Crippen LogP contribution in [0.1, 0.15) is 72.6 Å². The molecule has 1 saturated carbocycles. The second kappa shape index (κ2) is 10.3. The summed E-state index contributed by atoms with van der Waals surface area (Å²) in [7, 11) is 0. The summed E-state index contributed by atoms with van der Waals surface area (Å²) in [5.74, 6) is -5.68. The van der Waals surface area contributed by atoms with E-state index in [0.29, 0.717) is 30.9 Å². The number of hydrogen-bond acceptors (Lipinski definition) is 2. The lowest BCUT2D eigenvalue weighted by Crippen LogP contribution is -2.40. The quantitative estimate of drug-likeness (QED) is 0.239. The second-order valence-electron chi connectivity index (χ2n) is 8.79. The van der Waals surface area contributed by atoms with Gasteiger partial charge in [-0.3, -0.25) is 0 Å². The van der Waals surface area contributed by atoms with Crippen LogP contribution in [-0.4, -0.2) is 18.8 Å². The van der Waals surface area contributed by atoms with Crippen LogP contribution in [0.3, 0.4) is 0 Å². The van der Waals surface area contributed by atoms with Crippen molar-refractivity contribution in [2.45, 2.75) is 83.3 Å². The molecule has 1 aromatic carbocycles. The number of halogens is 5. The Balaban J connectivity index is 0.00000341. The van der Waals surface area contributed by atoms with E-state index in [1.54, 1.807) is 0 Å². The molecule has 2 unspecified atom stereocenters. The van der Waals surface area contributed by atoms with E-state index in [2.05, 4.69) is 11.7 Å². The fourth-order valence-electron chi connectivity index (χ4n) is 4.77. The van der Waals surface area contributed by atoms with Crippen LogP contribution in [0.15, 0.2) is 12.1 Å². The molecule has 30 heavy (non-hydrogen) atoms. The first kappa shape index (κ1) is 23.3. The topological polar surface area (TPSA) is 18.5 Å². The SMILES string of the molecule is CCCCCC1CCC(C2CCC(C(F)(F)Oc3cc(F)c(F)c(F)c3)CC2)OC1.[HH]. The van der Waals surface area contributed by atoms with E-state index in [-0.39, 0.29) is 26.3 Å². The van der Waals surface area contributed by atoms with Gasteiger partial charge in [-0.05, 0) is 56.8 Å². The van der Waals surface area contributed by atoms with Crippen molar-refractivity contribution in [2.24, 2.45) is 17.8 Å². The lowest BCUT2D eigenvalue weighted by atomic mass is 9.76. The Morgan fingerprint density at radius 3 is 2.23 bits per heavy atom. The number of unbranched alkanes of at least 4 members (excludes halogenated alkanes) is 2. The summed E-state index contributed by atoms with van der Waals surface area (Å²) in [4.78, 5) is 0. The fraction of sp³-hybridized carbons (Fsp3) is 0.739. The van der Waals surface area contributed by atoms with Crippen LogP contribution >= 0.6 is 0 Å². The molecule has 1 aromatic rings. The zero-order chi connectivity index (χ0) is 21.7. The highest BCUT2D eigenvalue weighted by molar-refractivity contribution is 5.25. The lowest BCUT2D eigenvalue weighted by molar-refractivity contribution is -0.225. The average molecular weight is 437 g/mol. The van der Waals surface area contributed by atoms with E-state index in [9.17, 15) is 22.0 Å². The molecule has 0 N–H and O–H groups in total. The average Bonchev–Trinajstić information content (AvgIpc) is 2.72. The Hall–Kier alpha value is -1.37. The van der Waals surface area contributed by atoms with Crippen molar-refractivity contribution < 1.29 is 32.9 Å². The molecule has 0 radical (unpaired) electrons. The molecular weight excluding hydrogens is 403 g/mol. The van der Waals surface area contributed by atoms with Gasteiger partial charge in [-0.25, -0.2) is 13.2 Å². The monoisotopic (exact) mass is 436 g/mol. The molecule has 0 bridgehead atoms. The third kappa shape index (κ3) is 5.86. The van der Waals surface area contributed by atoms with Gasteiger partial charge in [0.2, 0.25) is 0 Å². The number of ether oxygens (including phenoxy) is 2. The second-order valence-corrected chi connectivity index (χ2v) is 8.79. The number of benzene rings is 1. The minimum Gasteiger partial charge on any atom is -0.432 e. The molecule has 0 spiro atoms. The molecule has 7 heteroatoms. The zero-order valence-electron chi connectivity index (χ0n) is 17.4. The summed E-state index contributed by atoms with van der Waals surface area (Å²) in [5.41, 5.74) is 0. The van der Waals surface area contributed by atoms with Crippen LogP contribution in [0.5, 0.6) is 5.75 Å². The first-order chi connectivity index (χ1) is 14.3. The van der Waals surface area contributed by atoms with Gasteiger partial charge in [-0.2, -0.15) is 8.78 Å². The van der Waals surface area contributed by atoms with Gasteiger partial charge in [-0.15, -0.1) is 0 Å². The summed E-state index contributed by atoms with van der Waals surface area (Å²) >= 11 is 0. The van der Waals surface area contributed by atoms with Crippen molar-refractivity contribution in [2.75, 3.05) is 6.61 Å². The van der Waals surface area contributed by atoms with E-state index < -0.39 is 35.2 Å². The highest BCUT2D eigenvalue weighted by Gasteiger charge is 2.45. The molecule has 2 aliphatic rings. The summed E-state index contributed by atoms with van der Waals surface area (Å²) in [6.45, 7) is 2.95. The van der Waals surface area contributed by atoms with Gasteiger partial charge in [0.25, 0.3) is 0 Å². The first-order valence-corrected chi connectivity index (χ1v) is 11.1. The third-order valence-electron chi connectivity index (χ3n) is 6.61. The molecule has 2 nitrogen and oxygen atoms in total. The molecule has 2 atom stereocenters. The van der Waals surface area contributed by atoms with Crippen LogP contribution in [0.25, 0.3) is 0 Å². The Morgan fingerprint density at radius 1 is 1.00 bits per heavy atom. The molecule has 3 rings (SSSR count). The molecule has 0 aromatic heterocycles. The maximum atomic E-state index is 14.5. The van der Waals surface area contributed by atoms with E-state index in [4.69, 9.17) is 4.74 Å². The molecule has 1 aliphatic carbocycles. The van der Waals surface area contributed by atoms with Gasteiger partial charge in [0.15, 0.2) is 17.5 Å². The van der Waals surface area contributed by atoms with E-state index in [1.165, 1.54) is 25.7 Å². The van der Waals surface area contributed by atoms with E-state index in [0.717, 1.165) is 19.4 Å². The normalized spacial score (nSPS) is 27.8. The zero-order valence-corrected chi connectivity index (χ0v) is 17.4. The van der Waals surface area contributed by atoms with Crippen molar-refractivity contribution in [3.05, 3.63) is 29.6 Å². The van der Waals surface area contributed by atoms with Crippen LogP contribution in [0.4, 0.5) is 22.0 Å². The minimum absolute atomic E-state index is 0. The highest BCUT2D eigenvalue weighted by atomic mass is 19.3. The van der Waals surface area contributed by atoms with Crippen LogP contribution in [-0.2, 0) is 4.74 Å². The van der Waals surface area contributed by atoms with Crippen LogP contribution in [0, 0.1) is 35.2 Å². The summed E-state index contributed by atoms with van der Waals surface area (Å²) < 4.78 is 79.3. The molecule has 0 amide bonds. The van der Waals surface area contributed by atoms with Crippen LogP contribution in [0.2, 0.25) is 0 Å². The summed E-state index contributed by atoms with van der Waals surface area (Å²) in [5, 5.41) is 0. The Labute approximate surface area is 176 Å². The number of rotatable bonds is 8. The first-order valence-electron chi connectivity index (χ1n) is 11.1. The predicted octanol–water partition coefficient (Wildman–Crippen LogP) is 7.50. The molecule has 1 heterocycles. The summed E-state index contributed by atoms with van der Waals surface area (Å²) in [6, 6.07) is 0.898. The molecule has 1 aliphatic heterocycles. The van der Waals surface area contributed by atoms with Crippen molar-refractivity contribution in [1.29, 1.82) is 0 Å². The fourth-order valence-corrected chi connectivity index (χ4v) is 4.77. The Kier molecular flexibility index (Phi) is 7.99. The van der Waals surface area contributed by atoms with Crippen LogP contribution < -0.4 is 4.74 Å². The predicted molar refractivity (Wildman–Crippen MR) is 106 cm³/mol. The van der Waals surface area contributed by atoms with Gasteiger partial charge in [0, 0.05) is 20.2 Å². The van der Waals surface area contributed by atoms with Gasteiger partial charge in [-0.1, -0.05) is 26.2 Å². The van der Waals surface area contributed by atoms with E-state index in [1.807, 2.05) is 0 Å².